The predicted molar refractivity (Wildman–Crippen MR) is 134 cm³/mol. The Morgan fingerprint density at radius 1 is 0.943 bits per heavy atom. The maximum atomic E-state index is 13.3. The number of ether oxygens (including phenoxy) is 3. The van der Waals surface area contributed by atoms with Crippen LogP contribution in [0, 0.1) is 0 Å². The molecule has 0 radical (unpaired) electrons. The zero-order chi connectivity index (χ0) is 25.4. The average Bonchev–Trinajstić information content (AvgIpc) is 2.89. The van der Waals surface area contributed by atoms with E-state index in [9.17, 15) is 9.59 Å². The van der Waals surface area contributed by atoms with Crippen molar-refractivity contribution < 1.29 is 23.8 Å². The molecule has 3 aromatic rings. The fourth-order valence-corrected chi connectivity index (χ4v) is 3.77. The van der Waals surface area contributed by atoms with E-state index in [4.69, 9.17) is 31.7 Å². The number of amides is 2. The van der Waals surface area contributed by atoms with Gasteiger partial charge in [-0.1, -0.05) is 41.9 Å². The van der Waals surface area contributed by atoms with E-state index in [-0.39, 0.29) is 6.54 Å². The molecule has 0 bridgehead atoms. The molecule has 1 atom stereocenters. The molecule has 0 saturated heterocycles. The van der Waals surface area contributed by atoms with Crippen LogP contribution in [0.25, 0.3) is 0 Å². The van der Waals surface area contributed by atoms with Gasteiger partial charge in [0.2, 0.25) is 11.7 Å². The van der Waals surface area contributed by atoms with Crippen LogP contribution in [0.3, 0.4) is 0 Å². The van der Waals surface area contributed by atoms with Crippen molar-refractivity contribution in [1.82, 2.24) is 10.7 Å². The largest absolute Gasteiger partial charge is 0.493 e. The molecule has 2 amide bonds. The van der Waals surface area contributed by atoms with E-state index in [1.807, 2.05) is 30.3 Å². The summed E-state index contributed by atoms with van der Waals surface area (Å²) in [6.45, 7) is -0.0527. The minimum Gasteiger partial charge on any atom is -0.493 e. The zero-order valence-corrected chi connectivity index (χ0v) is 20.3. The SMILES string of the molecule is COc1cc(C(=O)Nc2ccc(Cl)cc2[C@@H](NCC(=O)NN)c2ccccc2)cc(OC)c1OC. The monoisotopic (exact) mass is 498 g/mol. The first kappa shape index (κ1) is 25.8. The summed E-state index contributed by atoms with van der Waals surface area (Å²) in [7, 11) is 4.44. The number of benzene rings is 3. The number of anilines is 1. The fourth-order valence-electron chi connectivity index (χ4n) is 3.59. The standard InChI is InChI=1S/C25H27ClN4O5/c1-33-20-11-16(12-21(34-2)24(20)35-3)25(32)29-19-10-9-17(26)13-18(19)23(28-14-22(31)30-27)15-7-5-4-6-8-15/h4-13,23,28H,14,27H2,1-3H3,(H,29,32)(H,30,31)/t23-/m0/s1. The number of carbonyl (C=O) groups is 2. The van der Waals surface area contributed by atoms with Gasteiger partial charge in [-0.25, -0.2) is 5.84 Å². The summed E-state index contributed by atoms with van der Waals surface area (Å²) in [5.74, 6) is 5.53. The van der Waals surface area contributed by atoms with Crippen LogP contribution in [-0.4, -0.2) is 39.7 Å². The summed E-state index contributed by atoms with van der Waals surface area (Å²) in [5, 5.41) is 6.58. The highest BCUT2D eigenvalue weighted by Crippen LogP contribution is 2.38. The lowest BCUT2D eigenvalue weighted by atomic mass is 9.96. The smallest absolute Gasteiger partial charge is 0.255 e. The first-order valence-corrected chi connectivity index (χ1v) is 11.0. The van der Waals surface area contributed by atoms with Crippen molar-refractivity contribution in [2.75, 3.05) is 33.2 Å². The summed E-state index contributed by atoms with van der Waals surface area (Å²) in [6.07, 6.45) is 0. The number of nitrogens with two attached hydrogens (primary N) is 1. The van der Waals surface area contributed by atoms with Crippen molar-refractivity contribution in [1.29, 1.82) is 0 Å². The molecule has 0 aliphatic heterocycles. The highest BCUT2D eigenvalue weighted by molar-refractivity contribution is 6.30. The Balaban J connectivity index is 2.01. The summed E-state index contributed by atoms with van der Waals surface area (Å²) in [5.41, 5.74) is 4.43. The van der Waals surface area contributed by atoms with E-state index in [0.29, 0.717) is 39.1 Å². The molecule has 0 saturated carbocycles. The molecule has 184 valence electrons. The molecular formula is C25H27ClN4O5. The molecule has 5 N–H and O–H groups in total. The van der Waals surface area contributed by atoms with Gasteiger partial charge in [0.25, 0.3) is 5.91 Å². The number of nitrogens with one attached hydrogen (secondary N) is 3. The van der Waals surface area contributed by atoms with Crippen molar-refractivity contribution in [3.8, 4) is 17.2 Å². The van der Waals surface area contributed by atoms with Gasteiger partial charge in [-0.2, -0.15) is 0 Å². The van der Waals surface area contributed by atoms with Crippen molar-refractivity contribution in [2.45, 2.75) is 6.04 Å². The second-order valence-electron chi connectivity index (χ2n) is 7.39. The average molecular weight is 499 g/mol. The highest BCUT2D eigenvalue weighted by Gasteiger charge is 2.22. The van der Waals surface area contributed by atoms with Crippen molar-refractivity contribution in [3.05, 3.63) is 82.4 Å². The lowest BCUT2D eigenvalue weighted by molar-refractivity contribution is -0.120. The van der Waals surface area contributed by atoms with Gasteiger partial charge in [0, 0.05) is 16.3 Å². The van der Waals surface area contributed by atoms with E-state index < -0.39 is 17.9 Å². The fraction of sp³-hybridized carbons (Fsp3) is 0.200. The molecule has 0 aromatic heterocycles. The van der Waals surface area contributed by atoms with Crippen LogP contribution in [0.5, 0.6) is 17.2 Å². The van der Waals surface area contributed by atoms with Gasteiger partial charge in [-0.05, 0) is 41.5 Å². The number of hydrogen-bond acceptors (Lipinski definition) is 7. The molecule has 0 heterocycles. The summed E-state index contributed by atoms with van der Waals surface area (Å²) < 4.78 is 16.1. The molecule has 0 spiro atoms. The van der Waals surface area contributed by atoms with Crippen LogP contribution in [0.4, 0.5) is 5.69 Å². The van der Waals surface area contributed by atoms with Crippen molar-refractivity contribution >= 4 is 29.1 Å². The van der Waals surface area contributed by atoms with Gasteiger partial charge in [0.05, 0.1) is 33.9 Å². The minimum absolute atomic E-state index is 0.0527. The quantitative estimate of drug-likeness (QED) is 0.192. The van der Waals surface area contributed by atoms with E-state index in [2.05, 4.69) is 16.1 Å². The normalized spacial score (nSPS) is 11.3. The van der Waals surface area contributed by atoms with Crippen LogP contribution in [0.15, 0.2) is 60.7 Å². The first-order valence-electron chi connectivity index (χ1n) is 10.6. The maximum Gasteiger partial charge on any atom is 0.255 e. The van der Waals surface area contributed by atoms with Crippen LogP contribution in [-0.2, 0) is 4.79 Å². The molecular weight excluding hydrogens is 472 g/mol. The minimum atomic E-state index is -0.470. The molecule has 3 aromatic carbocycles. The molecule has 0 fully saturated rings. The predicted octanol–water partition coefficient (Wildman–Crippen LogP) is 3.29. The summed E-state index contributed by atoms with van der Waals surface area (Å²) >= 11 is 6.32. The lowest BCUT2D eigenvalue weighted by Gasteiger charge is -2.23. The topological polar surface area (TPSA) is 124 Å². The Morgan fingerprint density at radius 2 is 1.60 bits per heavy atom. The molecule has 0 unspecified atom stereocenters. The Labute approximate surface area is 208 Å². The number of hydrogen-bond donors (Lipinski definition) is 4. The third-order valence-corrected chi connectivity index (χ3v) is 5.50. The van der Waals surface area contributed by atoms with Crippen LogP contribution in [0.1, 0.15) is 27.5 Å². The van der Waals surface area contributed by atoms with Crippen LogP contribution < -0.4 is 36.1 Å². The highest BCUT2D eigenvalue weighted by atomic mass is 35.5. The Kier molecular flexibility index (Phi) is 8.91. The molecule has 0 aliphatic rings. The molecule has 0 aliphatic carbocycles. The number of halogens is 1. The van der Waals surface area contributed by atoms with Crippen molar-refractivity contribution in [3.63, 3.8) is 0 Å². The molecule has 9 nitrogen and oxygen atoms in total. The van der Waals surface area contributed by atoms with E-state index in [1.165, 1.54) is 21.3 Å². The van der Waals surface area contributed by atoms with E-state index in [0.717, 1.165) is 5.56 Å². The lowest BCUT2D eigenvalue weighted by Crippen LogP contribution is -2.39. The number of hydrazine groups is 1. The van der Waals surface area contributed by atoms with Gasteiger partial charge in [-0.3, -0.25) is 20.3 Å². The Hall–Kier alpha value is -3.79. The third kappa shape index (κ3) is 6.21. The maximum absolute atomic E-state index is 13.3. The van der Waals surface area contributed by atoms with Crippen molar-refractivity contribution in [2.24, 2.45) is 5.84 Å². The second-order valence-corrected chi connectivity index (χ2v) is 7.83. The van der Waals surface area contributed by atoms with Crippen LogP contribution >= 0.6 is 11.6 Å². The third-order valence-electron chi connectivity index (χ3n) is 5.26. The molecule has 3 rings (SSSR count). The number of rotatable bonds is 10. The zero-order valence-electron chi connectivity index (χ0n) is 19.6. The van der Waals surface area contributed by atoms with E-state index >= 15 is 0 Å². The molecule has 35 heavy (non-hydrogen) atoms. The number of methoxy groups -OCH3 is 3. The van der Waals surface area contributed by atoms with Crippen LogP contribution in [0.2, 0.25) is 5.02 Å². The second kappa shape index (κ2) is 12.1. The Bertz CT molecular complexity index is 1160. The van der Waals surface area contributed by atoms with Gasteiger partial charge in [0.1, 0.15) is 0 Å². The summed E-state index contributed by atoms with van der Waals surface area (Å²) in [4.78, 5) is 25.1. The number of carbonyl (C=O) groups excluding carboxylic acids is 2. The molecule has 10 heteroatoms. The van der Waals surface area contributed by atoms with Gasteiger partial charge < -0.3 is 19.5 Å². The van der Waals surface area contributed by atoms with Gasteiger partial charge in [-0.15, -0.1) is 0 Å². The Morgan fingerprint density at radius 3 is 2.17 bits per heavy atom. The van der Waals surface area contributed by atoms with E-state index in [1.54, 1.807) is 30.3 Å². The summed E-state index contributed by atoms with van der Waals surface area (Å²) in [6, 6.07) is 17.2. The first-order chi connectivity index (χ1) is 16.9. The van der Waals surface area contributed by atoms with Gasteiger partial charge in [0.15, 0.2) is 11.5 Å². The van der Waals surface area contributed by atoms with Gasteiger partial charge >= 0.3 is 0 Å².